The zero-order valence-corrected chi connectivity index (χ0v) is 10.7. The number of carbonyl (C=O) groups excluding carboxylic acids is 1. The Bertz CT molecular complexity index is 613. The van der Waals surface area contributed by atoms with E-state index in [4.69, 9.17) is 10.5 Å². The van der Waals surface area contributed by atoms with E-state index in [2.05, 4.69) is 15.3 Å². The monoisotopic (exact) mass is 258 g/mol. The second-order valence-corrected chi connectivity index (χ2v) is 3.92. The molecule has 1 aromatic carbocycles. The summed E-state index contributed by atoms with van der Waals surface area (Å²) in [6, 6.07) is 8.47. The smallest absolute Gasteiger partial charge is 0.260 e. The van der Waals surface area contributed by atoms with Crippen LogP contribution in [-0.4, -0.2) is 23.0 Å². The van der Waals surface area contributed by atoms with Gasteiger partial charge in [0, 0.05) is 17.4 Å². The molecule has 0 unspecified atom stereocenters. The van der Waals surface area contributed by atoms with Crippen molar-refractivity contribution in [2.45, 2.75) is 6.92 Å². The summed E-state index contributed by atoms with van der Waals surface area (Å²) < 4.78 is 5.02. The van der Waals surface area contributed by atoms with Crippen LogP contribution in [-0.2, 0) is 0 Å². The molecule has 0 aliphatic carbocycles. The third kappa shape index (κ3) is 2.98. The lowest BCUT2D eigenvalue weighted by Crippen LogP contribution is -2.16. The van der Waals surface area contributed by atoms with Gasteiger partial charge in [0.05, 0.1) is 12.7 Å². The summed E-state index contributed by atoms with van der Waals surface area (Å²) in [5.41, 5.74) is 7.22. The first-order valence-electron chi connectivity index (χ1n) is 5.65. The molecule has 19 heavy (non-hydrogen) atoms. The lowest BCUT2D eigenvalue weighted by atomic mass is 10.2. The van der Waals surface area contributed by atoms with Gasteiger partial charge in [0.2, 0.25) is 11.8 Å². The Labute approximate surface area is 110 Å². The lowest BCUT2D eigenvalue weighted by molar-refractivity contribution is 0.102. The van der Waals surface area contributed by atoms with E-state index in [0.29, 0.717) is 22.8 Å². The number of hydrogen-bond acceptors (Lipinski definition) is 5. The maximum atomic E-state index is 12.0. The zero-order valence-electron chi connectivity index (χ0n) is 10.7. The number of nitrogen functional groups attached to an aromatic ring is 1. The topological polar surface area (TPSA) is 90.1 Å². The van der Waals surface area contributed by atoms with Gasteiger partial charge >= 0.3 is 0 Å². The van der Waals surface area contributed by atoms with Gasteiger partial charge in [-0.05, 0) is 19.1 Å². The summed E-state index contributed by atoms with van der Waals surface area (Å²) in [7, 11) is 1.50. The first-order valence-corrected chi connectivity index (χ1v) is 5.65. The minimum absolute atomic E-state index is 0.185. The van der Waals surface area contributed by atoms with Crippen LogP contribution in [0.25, 0.3) is 0 Å². The van der Waals surface area contributed by atoms with Crippen LogP contribution in [0.1, 0.15) is 16.1 Å². The van der Waals surface area contributed by atoms with Gasteiger partial charge in [0.15, 0.2) is 0 Å². The number of anilines is 2. The molecule has 3 N–H and O–H groups in total. The van der Waals surface area contributed by atoms with Crippen LogP contribution in [0.2, 0.25) is 0 Å². The highest BCUT2D eigenvalue weighted by Gasteiger charge is 2.11. The average molecular weight is 258 g/mol. The average Bonchev–Trinajstić information content (AvgIpc) is 2.38. The van der Waals surface area contributed by atoms with Gasteiger partial charge in [-0.2, -0.15) is 4.98 Å². The Kier molecular flexibility index (Phi) is 3.61. The first-order chi connectivity index (χ1) is 9.10. The Morgan fingerprint density at radius 1 is 1.32 bits per heavy atom. The molecule has 0 spiro atoms. The number of hydrogen-bond donors (Lipinski definition) is 2. The molecule has 0 aliphatic heterocycles. The normalized spacial score (nSPS) is 10.0. The molecule has 0 atom stereocenters. The quantitative estimate of drug-likeness (QED) is 0.816. The highest BCUT2D eigenvalue weighted by atomic mass is 16.5. The second-order valence-electron chi connectivity index (χ2n) is 3.92. The van der Waals surface area contributed by atoms with Crippen LogP contribution in [0, 0.1) is 6.92 Å². The summed E-state index contributed by atoms with van der Waals surface area (Å²) in [5, 5.41) is 2.59. The molecule has 0 radical (unpaired) electrons. The molecule has 0 aliphatic rings. The Hall–Kier alpha value is -2.63. The van der Waals surface area contributed by atoms with Gasteiger partial charge in [-0.15, -0.1) is 0 Å². The van der Waals surface area contributed by atoms with Gasteiger partial charge in [-0.25, -0.2) is 4.98 Å². The van der Waals surface area contributed by atoms with E-state index < -0.39 is 0 Å². The number of ether oxygens (including phenoxy) is 1. The van der Waals surface area contributed by atoms with E-state index in [1.54, 1.807) is 37.3 Å². The number of nitrogens with zero attached hydrogens (tertiary/aromatic N) is 2. The Balaban J connectivity index is 2.24. The van der Waals surface area contributed by atoms with Crippen molar-refractivity contribution >= 4 is 17.5 Å². The standard InChI is InChI=1S/C13H14N4O2/c1-8-7-11(19-2)16-13(15-8)17-12(18)9-5-3-4-6-10(9)14/h3-7H,14H2,1-2H3,(H,15,16,17,18). The number of amides is 1. The van der Waals surface area contributed by atoms with Gasteiger partial charge < -0.3 is 10.5 Å². The van der Waals surface area contributed by atoms with E-state index in [0.717, 1.165) is 0 Å². The fourth-order valence-electron chi connectivity index (χ4n) is 1.57. The molecule has 0 saturated carbocycles. The summed E-state index contributed by atoms with van der Waals surface area (Å²) >= 11 is 0. The van der Waals surface area contributed by atoms with E-state index >= 15 is 0 Å². The maximum Gasteiger partial charge on any atom is 0.260 e. The number of carbonyl (C=O) groups is 1. The zero-order chi connectivity index (χ0) is 13.8. The molecule has 0 saturated heterocycles. The molecule has 1 amide bonds. The number of methoxy groups -OCH3 is 1. The number of nitrogens with one attached hydrogen (secondary N) is 1. The molecule has 2 rings (SSSR count). The minimum atomic E-state index is -0.356. The van der Waals surface area contributed by atoms with Crippen LogP contribution in [0.4, 0.5) is 11.6 Å². The van der Waals surface area contributed by atoms with E-state index in [9.17, 15) is 4.79 Å². The number of nitrogens with two attached hydrogens (primary N) is 1. The largest absolute Gasteiger partial charge is 0.481 e. The molecule has 6 heteroatoms. The highest BCUT2D eigenvalue weighted by Crippen LogP contribution is 2.15. The third-order valence-corrected chi connectivity index (χ3v) is 2.47. The van der Waals surface area contributed by atoms with Crippen molar-refractivity contribution in [3.05, 3.63) is 41.6 Å². The van der Waals surface area contributed by atoms with Crippen LogP contribution in [0.3, 0.4) is 0 Å². The lowest BCUT2D eigenvalue weighted by Gasteiger charge is -2.07. The summed E-state index contributed by atoms with van der Waals surface area (Å²) in [4.78, 5) is 20.2. The van der Waals surface area contributed by atoms with Crippen molar-refractivity contribution in [3.8, 4) is 5.88 Å². The fourth-order valence-corrected chi connectivity index (χ4v) is 1.57. The van der Waals surface area contributed by atoms with Crippen molar-refractivity contribution in [3.63, 3.8) is 0 Å². The molecular formula is C13H14N4O2. The van der Waals surface area contributed by atoms with Crippen LogP contribution in [0.5, 0.6) is 5.88 Å². The number of aromatic nitrogens is 2. The highest BCUT2D eigenvalue weighted by molar-refractivity contribution is 6.06. The maximum absolute atomic E-state index is 12.0. The summed E-state index contributed by atoms with van der Waals surface area (Å²) in [5.74, 6) is 0.222. The van der Waals surface area contributed by atoms with Crippen molar-refractivity contribution in [2.24, 2.45) is 0 Å². The van der Waals surface area contributed by atoms with Gasteiger partial charge in [-0.3, -0.25) is 10.1 Å². The van der Waals surface area contributed by atoms with E-state index in [1.165, 1.54) is 7.11 Å². The molecule has 98 valence electrons. The summed E-state index contributed by atoms with van der Waals surface area (Å²) in [6.07, 6.45) is 0. The van der Waals surface area contributed by atoms with Crippen molar-refractivity contribution < 1.29 is 9.53 Å². The predicted octanol–water partition coefficient (Wildman–Crippen LogP) is 1.63. The minimum Gasteiger partial charge on any atom is -0.481 e. The van der Waals surface area contributed by atoms with Crippen molar-refractivity contribution in [2.75, 3.05) is 18.2 Å². The molecule has 1 heterocycles. The molecular weight excluding hydrogens is 244 g/mol. The fraction of sp³-hybridized carbons (Fsp3) is 0.154. The van der Waals surface area contributed by atoms with Crippen molar-refractivity contribution in [1.29, 1.82) is 0 Å². The number of rotatable bonds is 3. The van der Waals surface area contributed by atoms with E-state index in [-0.39, 0.29) is 11.9 Å². The Morgan fingerprint density at radius 2 is 2.05 bits per heavy atom. The van der Waals surface area contributed by atoms with Crippen LogP contribution >= 0.6 is 0 Å². The van der Waals surface area contributed by atoms with E-state index in [1.807, 2.05) is 0 Å². The molecule has 6 nitrogen and oxygen atoms in total. The Morgan fingerprint density at radius 3 is 2.74 bits per heavy atom. The first kappa shape index (κ1) is 12.8. The molecule has 0 fully saturated rings. The van der Waals surface area contributed by atoms with Crippen LogP contribution < -0.4 is 15.8 Å². The van der Waals surface area contributed by atoms with Gasteiger partial charge in [-0.1, -0.05) is 12.1 Å². The molecule has 2 aromatic rings. The number of aryl methyl sites for hydroxylation is 1. The van der Waals surface area contributed by atoms with Crippen LogP contribution in [0.15, 0.2) is 30.3 Å². The summed E-state index contributed by atoms with van der Waals surface area (Å²) in [6.45, 7) is 1.79. The van der Waals surface area contributed by atoms with Gasteiger partial charge in [0.1, 0.15) is 0 Å². The number of para-hydroxylation sites is 1. The molecule has 0 bridgehead atoms. The number of benzene rings is 1. The molecule has 1 aromatic heterocycles. The third-order valence-electron chi connectivity index (χ3n) is 2.47. The second kappa shape index (κ2) is 5.34. The SMILES string of the molecule is COc1cc(C)nc(NC(=O)c2ccccc2N)n1. The predicted molar refractivity (Wildman–Crippen MR) is 72.1 cm³/mol. The van der Waals surface area contributed by atoms with Crippen molar-refractivity contribution in [1.82, 2.24) is 9.97 Å². The van der Waals surface area contributed by atoms with Gasteiger partial charge in [0.25, 0.3) is 5.91 Å².